The lowest BCUT2D eigenvalue weighted by Crippen LogP contribution is -2.53. The zero-order valence-corrected chi connectivity index (χ0v) is 16.2. The first kappa shape index (κ1) is 17.2. The van der Waals surface area contributed by atoms with Crippen LogP contribution in [-0.2, 0) is 11.2 Å². The van der Waals surface area contributed by atoms with E-state index in [0.29, 0.717) is 24.8 Å². The van der Waals surface area contributed by atoms with Crippen LogP contribution >= 0.6 is 11.5 Å². The highest BCUT2D eigenvalue weighted by atomic mass is 32.1. The molecule has 3 fully saturated rings. The predicted octanol–water partition coefficient (Wildman–Crippen LogP) is 3.04. The van der Waals surface area contributed by atoms with E-state index in [2.05, 4.69) is 19.7 Å². The molecule has 1 saturated heterocycles. The smallest absolute Gasteiger partial charge is 0.220 e. The van der Waals surface area contributed by atoms with E-state index in [4.69, 9.17) is 9.51 Å². The van der Waals surface area contributed by atoms with Gasteiger partial charge in [0.15, 0.2) is 0 Å². The Kier molecular flexibility index (Phi) is 4.38. The molecule has 144 valence electrons. The largest absolute Gasteiger partial charge is 0.365 e. The number of anilines is 1. The van der Waals surface area contributed by atoms with E-state index >= 15 is 0 Å². The van der Waals surface area contributed by atoms with Crippen molar-refractivity contribution in [1.29, 1.82) is 0 Å². The number of rotatable bonds is 6. The molecule has 27 heavy (non-hydrogen) atoms. The number of aryl methyl sites for hydroxylation is 1. The minimum Gasteiger partial charge on any atom is -0.365 e. The van der Waals surface area contributed by atoms with E-state index in [-0.39, 0.29) is 11.4 Å². The Morgan fingerprint density at radius 2 is 2.26 bits per heavy atom. The van der Waals surface area contributed by atoms with Crippen LogP contribution in [0, 0.1) is 0 Å². The van der Waals surface area contributed by atoms with Gasteiger partial charge in [0.2, 0.25) is 11.0 Å². The standard InChI is InChI=1S/C19H25N5O2S/c25-16(7-6-14-8-12-26-22-14)21-19-9-2-5-15(19)24(11-10-19)18-20-17(23-27-18)13-3-1-4-13/h8,12-13,15H,1-7,9-11H2,(H,21,25). The maximum absolute atomic E-state index is 12.6. The first-order chi connectivity index (χ1) is 13.2. The minimum absolute atomic E-state index is 0.108. The highest BCUT2D eigenvalue weighted by molar-refractivity contribution is 7.09. The van der Waals surface area contributed by atoms with Crippen LogP contribution in [0.4, 0.5) is 5.13 Å². The summed E-state index contributed by atoms with van der Waals surface area (Å²) in [5.74, 6) is 1.72. The van der Waals surface area contributed by atoms with Crippen molar-refractivity contribution in [3.05, 3.63) is 23.8 Å². The Morgan fingerprint density at radius 3 is 3.04 bits per heavy atom. The van der Waals surface area contributed by atoms with E-state index in [1.807, 2.05) is 6.07 Å². The molecule has 1 amide bonds. The maximum atomic E-state index is 12.6. The summed E-state index contributed by atoms with van der Waals surface area (Å²) < 4.78 is 9.47. The highest BCUT2D eigenvalue weighted by Crippen LogP contribution is 2.45. The van der Waals surface area contributed by atoms with Crippen LogP contribution < -0.4 is 10.2 Å². The van der Waals surface area contributed by atoms with Crippen LogP contribution in [-0.4, -0.2) is 38.5 Å². The molecule has 3 heterocycles. The third kappa shape index (κ3) is 3.13. The third-order valence-corrected chi connectivity index (χ3v) is 7.32. The first-order valence-corrected chi connectivity index (χ1v) is 10.8. The SMILES string of the molecule is O=C(CCc1ccon1)NC12CCCC1N(c1nc(C3CCC3)ns1)CC2. The second kappa shape index (κ2) is 6.89. The van der Waals surface area contributed by atoms with Crippen LogP contribution in [0.25, 0.3) is 0 Å². The summed E-state index contributed by atoms with van der Waals surface area (Å²) in [5, 5.41) is 8.32. The molecule has 1 aliphatic heterocycles. The van der Waals surface area contributed by atoms with Crippen molar-refractivity contribution in [2.75, 3.05) is 11.4 Å². The molecule has 0 radical (unpaired) electrons. The number of nitrogens with zero attached hydrogens (tertiary/aromatic N) is 4. The number of nitrogens with one attached hydrogen (secondary N) is 1. The first-order valence-electron chi connectivity index (χ1n) is 10.0. The minimum atomic E-state index is -0.108. The number of fused-ring (bicyclic) bond motifs is 1. The summed E-state index contributed by atoms with van der Waals surface area (Å²) in [6.07, 6.45) is 10.7. The van der Waals surface area contributed by atoms with Gasteiger partial charge < -0.3 is 14.7 Å². The topological polar surface area (TPSA) is 84.2 Å². The molecule has 5 rings (SSSR count). The molecule has 1 N–H and O–H groups in total. The summed E-state index contributed by atoms with van der Waals surface area (Å²) in [7, 11) is 0. The lowest BCUT2D eigenvalue weighted by Gasteiger charge is -2.33. The summed E-state index contributed by atoms with van der Waals surface area (Å²) in [5.41, 5.74) is 0.722. The van der Waals surface area contributed by atoms with Gasteiger partial charge in [0.1, 0.15) is 12.1 Å². The zero-order chi connectivity index (χ0) is 18.3. The van der Waals surface area contributed by atoms with E-state index in [1.165, 1.54) is 30.8 Å². The van der Waals surface area contributed by atoms with Crippen molar-refractivity contribution < 1.29 is 9.32 Å². The van der Waals surface area contributed by atoms with E-state index in [9.17, 15) is 4.79 Å². The molecule has 7 nitrogen and oxygen atoms in total. The van der Waals surface area contributed by atoms with Gasteiger partial charge in [-0.15, -0.1) is 0 Å². The van der Waals surface area contributed by atoms with E-state index in [1.54, 1.807) is 6.26 Å². The van der Waals surface area contributed by atoms with Gasteiger partial charge in [0, 0.05) is 42.9 Å². The van der Waals surface area contributed by atoms with Crippen molar-refractivity contribution in [3.63, 3.8) is 0 Å². The van der Waals surface area contributed by atoms with Gasteiger partial charge in [0.05, 0.1) is 17.3 Å². The monoisotopic (exact) mass is 387 g/mol. The lowest BCUT2D eigenvalue weighted by atomic mass is 9.85. The van der Waals surface area contributed by atoms with Crippen LogP contribution in [0.2, 0.25) is 0 Å². The Hall–Kier alpha value is -1.96. The molecule has 3 aliphatic rings. The number of hydrogen-bond donors (Lipinski definition) is 1. The summed E-state index contributed by atoms with van der Waals surface area (Å²) in [6.45, 7) is 0.952. The van der Waals surface area contributed by atoms with Gasteiger partial charge in [-0.3, -0.25) is 4.79 Å². The number of carbonyl (C=O) groups is 1. The molecule has 2 unspecified atom stereocenters. The van der Waals surface area contributed by atoms with E-state index in [0.717, 1.165) is 48.9 Å². The fraction of sp³-hybridized carbons (Fsp3) is 0.684. The molecule has 2 aromatic heterocycles. The number of carbonyl (C=O) groups excluding carboxylic acids is 1. The van der Waals surface area contributed by atoms with Gasteiger partial charge in [0.25, 0.3) is 0 Å². The maximum Gasteiger partial charge on any atom is 0.220 e. The number of hydrogen-bond acceptors (Lipinski definition) is 7. The van der Waals surface area contributed by atoms with Gasteiger partial charge in [-0.05, 0) is 38.5 Å². The third-order valence-electron chi connectivity index (χ3n) is 6.55. The van der Waals surface area contributed by atoms with Crippen molar-refractivity contribution in [1.82, 2.24) is 19.8 Å². The molecule has 2 atom stereocenters. The zero-order valence-electron chi connectivity index (χ0n) is 15.4. The Morgan fingerprint density at radius 1 is 1.33 bits per heavy atom. The van der Waals surface area contributed by atoms with E-state index < -0.39 is 0 Å². The highest BCUT2D eigenvalue weighted by Gasteiger charge is 2.52. The van der Waals surface area contributed by atoms with Crippen LogP contribution in [0.5, 0.6) is 0 Å². The fourth-order valence-corrected chi connectivity index (χ4v) is 5.66. The molecule has 2 aromatic rings. The average molecular weight is 388 g/mol. The van der Waals surface area contributed by atoms with Crippen molar-refractivity contribution in [3.8, 4) is 0 Å². The molecule has 0 aromatic carbocycles. The van der Waals surface area contributed by atoms with Crippen LogP contribution in [0.3, 0.4) is 0 Å². The molecule has 2 saturated carbocycles. The predicted molar refractivity (Wildman–Crippen MR) is 102 cm³/mol. The van der Waals surface area contributed by atoms with Crippen LogP contribution in [0.15, 0.2) is 16.9 Å². The molecule has 0 spiro atoms. The number of aromatic nitrogens is 3. The van der Waals surface area contributed by atoms with Crippen molar-refractivity contribution >= 4 is 22.6 Å². The molecule has 0 bridgehead atoms. The second-order valence-corrected chi connectivity index (χ2v) is 8.84. The second-order valence-electron chi connectivity index (χ2n) is 8.11. The van der Waals surface area contributed by atoms with Gasteiger partial charge in [-0.1, -0.05) is 11.6 Å². The Labute approximate surface area is 162 Å². The molecule has 8 heteroatoms. The quantitative estimate of drug-likeness (QED) is 0.820. The molecule has 2 aliphatic carbocycles. The average Bonchev–Trinajstić information content (AvgIpc) is 3.35. The summed E-state index contributed by atoms with van der Waals surface area (Å²) in [4.78, 5) is 19.9. The van der Waals surface area contributed by atoms with Crippen molar-refractivity contribution in [2.24, 2.45) is 0 Å². The Bertz CT molecular complexity index is 803. The molecular formula is C19H25N5O2S. The summed E-state index contributed by atoms with van der Waals surface area (Å²) >= 11 is 1.53. The number of amides is 1. The summed E-state index contributed by atoms with van der Waals surface area (Å²) in [6, 6.07) is 2.16. The molecular weight excluding hydrogens is 362 g/mol. The van der Waals surface area contributed by atoms with Gasteiger partial charge >= 0.3 is 0 Å². The van der Waals surface area contributed by atoms with Gasteiger partial charge in [-0.25, -0.2) is 4.98 Å². The Balaban J connectivity index is 1.25. The lowest BCUT2D eigenvalue weighted by molar-refractivity contribution is -0.123. The normalized spacial score (nSPS) is 27.6. The van der Waals surface area contributed by atoms with Crippen molar-refractivity contribution in [2.45, 2.75) is 75.3 Å². The van der Waals surface area contributed by atoms with Crippen LogP contribution in [0.1, 0.15) is 68.8 Å². The fourth-order valence-electron chi connectivity index (χ4n) is 4.84. The van der Waals surface area contributed by atoms with Gasteiger partial charge in [-0.2, -0.15) is 4.37 Å².